The SMILES string of the molecule is Cc1csc(C2(NC(=O)c3n[nH]c4c3CNCC4)CCC2)n1.Cl.Cl. The van der Waals surface area contributed by atoms with Crippen molar-refractivity contribution in [3.63, 3.8) is 0 Å². The number of aromatic amines is 1. The lowest BCUT2D eigenvalue weighted by Crippen LogP contribution is -2.51. The highest BCUT2D eigenvalue weighted by molar-refractivity contribution is 7.09. The Morgan fingerprint density at radius 1 is 1.38 bits per heavy atom. The maximum Gasteiger partial charge on any atom is 0.272 e. The van der Waals surface area contributed by atoms with Gasteiger partial charge in [0.1, 0.15) is 5.01 Å². The summed E-state index contributed by atoms with van der Waals surface area (Å²) in [5, 5.41) is 16.8. The van der Waals surface area contributed by atoms with Crippen LogP contribution in [-0.4, -0.2) is 27.6 Å². The highest BCUT2D eigenvalue weighted by Crippen LogP contribution is 2.42. The van der Waals surface area contributed by atoms with E-state index in [2.05, 4.69) is 25.8 Å². The Labute approximate surface area is 157 Å². The molecule has 2 aliphatic rings. The van der Waals surface area contributed by atoms with Crippen LogP contribution in [0.2, 0.25) is 0 Å². The van der Waals surface area contributed by atoms with Gasteiger partial charge in [-0.3, -0.25) is 9.89 Å². The Kier molecular flexibility index (Phi) is 5.91. The highest BCUT2D eigenvalue weighted by atomic mass is 35.5. The molecule has 2 aromatic heterocycles. The first kappa shape index (κ1) is 19.2. The fraction of sp³-hybridized carbons (Fsp3) is 0.533. The quantitative estimate of drug-likeness (QED) is 0.752. The van der Waals surface area contributed by atoms with E-state index in [1.54, 1.807) is 11.3 Å². The molecule has 6 nitrogen and oxygen atoms in total. The molecule has 0 radical (unpaired) electrons. The summed E-state index contributed by atoms with van der Waals surface area (Å²) in [4.78, 5) is 17.3. The molecule has 1 aliphatic carbocycles. The molecule has 0 aromatic carbocycles. The number of rotatable bonds is 3. The third-order valence-corrected chi connectivity index (χ3v) is 5.77. The third kappa shape index (κ3) is 3.18. The van der Waals surface area contributed by atoms with E-state index in [-0.39, 0.29) is 36.3 Å². The zero-order chi connectivity index (χ0) is 15.2. The van der Waals surface area contributed by atoms with Crippen molar-refractivity contribution in [3.05, 3.63) is 33.0 Å². The zero-order valence-corrected chi connectivity index (χ0v) is 15.8. The molecule has 0 bridgehead atoms. The van der Waals surface area contributed by atoms with Crippen molar-refractivity contribution in [2.45, 2.75) is 44.7 Å². The molecule has 0 unspecified atom stereocenters. The average Bonchev–Trinajstić information content (AvgIpc) is 3.09. The Morgan fingerprint density at radius 3 is 2.79 bits per heavy atom. The van der Waals surface area contributed by atoms with Crippen LogP contribution in [-0.2, 0) is 18.5 Å². The average molecular weight is 390 g/mol. The molecule has 1 saturated carbocycles. The summed E-state index contributed by atoms with van der Waals surface area (Å²) in [6.07, 6.45) is 3.93. The van der Waals surface area contributed by atoms with Crippen LogP contribution in [0.1, 0.15) is 51.7 Å². The predicted molar refractivity (Wildman–Crippen MR) is 98.3 cm³/mol. The van der Waals surface area contributed by atoms with Crippen LogP contribution in [0.25, 0.3) is 0 Å². The van der Waals surface area contributed by atoms with Crippen molar-refractivity contribution in [1.82, 2.24) is 25.8 Å². The van der Waals surface area contributed by atoms with Gasteiger partial charge in [-0.25, -0.2) is 4.98 Å². The Hall–Kier alpha value is -1.15. The standard InChI is InChI=1S/C15H19N5OS.2ClH/c1-9-8-22-14(17-9)15(4-2-5-15)18-13(21)12-10-7-16-6-3-11(10)19-20-12;;/h8,16H,2-7H2,1H3,(H,18,21)(H,19,20);2*1H. The van der Waals surface area contributed by atoms with Crippen molar-refractivity contribution in [2.24, 2.45) is 0 Å². The van der Waals surface area contributed by atoms with Gasteiger partial charge in [-0.15, -0.1) is 36.2 Å². The summed E-state index contributed by atoms with van der Waals surface area (Å²) in [6, 6.07) is 0. The van der Waals surface area contributed by atoms with E-state index in [1.807, 2.05) is 12.3 Å². The number of carbonyl (C=O) groups excluding carboxylic acids is 1. The van der Waals surface area contributed by atoms with E-state index in [0.717, 1.165) is 54.2 Å². The Balaban J connectivity index is 0.00000104. The molecular formula is C15H21Cl2N5OS. The number of H-pyrrole nitrogens is 1. The minimum Gasteiger partial charge on any atom is -0.339 e. The second kappa shape index (κ2) is 7.39. The highest BCUT2D eigenvalue weighted by Gasteiger charge is 2.43. The molecule has 3 heterocycles. The van der Waals surface area contributed by atoms with Gasteiger partial charge in [0.25, 0.3) is 5.91 Å². The number of hydrogen-bond acceptors (Lipinski definition) is 5. The van der Waals surface area contributed by atoms with Crippen molar-refractivity contribution in [2.75, 3.05) is 6.54 Å². The summed E-state index contributed by atoms with van der Waals surface area (Å²) >= 11 is 1.63. The van der Waals surface area contributed by atoms with Crippen LogP contribution in [0.4, 0.5) is 0 Å². The first-order valence-corrected chi connectivity index (χ1v) is 8.58. The first-order valence-electron chi connectivity index (χ1n) is 7.70. The normalized spacial score (nSPS) is 17.7. The van der Waals surface area contributed by atoms with Crippen molar-refractivity contribution in [1.29, 1.82) is 0 Å². The summed E-state index contributed by atoms with van der Waals surface area (Å²) in [6.45, 7) is 3.63. The van der Waals surface area contributed by atoms with Gasteiger partial charge in [0.15, 0.2) is 5.69 Å². The van der Waals surface area contributed by atoms with Gasteiger partial charge in [0.2, 0.25) is 0 Å². The van der Waals surface area contributed by atoms with Crippen LogP contribution < -0.4 is 10.6 Å². The molecule has 4 rings (SSSR count). The predicted octanol–water partition coefficient (Wildman–Crippen LogP) is 2.47. The van der Waals surface area contributed by atoms with Gasteiger partial charge in [-0.2, -0.15) is 5.10 Å². The number of amides is 1. The van der Waals surface area contributed by atoms with E-state index in [0.29, 0.717) is 12.2 Å². The van der Waals surface area contributed by atoms with Crippen LogP contribution in [0.5, 0.6) is 0 Å². The van der Waals surface area contributed by atoms with Crippen LogP contribution in [0.3, 0.4) is 0 Å². The lowest BCUT2D eigenvalue weighted by atomic mass is 9.77. The molecule has 9 heteroatoms. The number of fused-ring (bicyclic) bond motifs is 1. The van der Waals surface area contributed by atoms with Gasteiger partial charge in [-0.1, -0.05) is 0 Å². The molecular weight excluding hydrogens is 369 g/mol. The number of hydrogen-bond donors (Lipinski definition) is 3. The zero-order valence-electron chi connectivity index (χ0n) is 13.3. The maximum atomic E-state index is 12.7. The van der Waals surface area contributed by atoms with Crippen LogP contribution in [0, 0.1) is 6.92 Å². The van der Waals surface area contributed by atoms with Crippen LogP contribution >= 0.6 is 36.2 Å². The van der Waals surface area contributed by atoms with Gasteiger partial charge in [-0.05, 0) is 26.2 Å². The minimum atomic E-state index is -0.288. The van der Waals surface area contributed by atoms with Crippen molar-refractivity contribution < 1.29 is 4.79 Å². The Morgan fingerprint density at radius 2 is 2.17 bits per heavy atom. The van der Waals surface area contributed by atoms with Gasteiger partial charge in [0, 0.05) is 41.8 Å². The second-order valence-electron chi connectivity index (χ2n) is 6.14. The summed E-state index contributed by atoms with van der Waals surface area (Å²) in [5.74, 6) is -0.0891. The van der Waals surface area contributed by atoms with E-state index in [9.17, 15) is 4.79 Å². The molecule has 1 amide bonds. The number of nitrogens with zero attached hydrogens (tertiary/aromatic N) is 2. The van der Waals surface area contributed by atoms with E-state index in [1.165, 1.54) is 0 Å². The number of aryl methyl sites for hydroxylation is 1. The molecule has 1 aliphatic heterocycles. The topological polar surface area (TPSA) is 82.7 Å². The molecule has 1 fully saturated rings. The van der Waals surface area contributed by atoms with Gasteiger partial charge in [0.05, 0.1) is 5.54 Å². The molecule has 24 heavy (non-hydrogen) atoms. The molecule has 3 N–H and O–H groups in total. The molecule has 0 saturated heterocycles. The third-order valence-electron chi connectivity index (χ3n) is 4.61. The molecule has 2 aromatic rings. The number of thiazole rings is 1. The Bertz CT molecular complexity index is 725. The van der Waals surface area contributed by atoms with E-state index >= 15 is 0 Å². The van der Waals surface area contributed by atoms with Gasteiger partial charge < -0.3 is 10.6 Å². The molecule has 0 atom stereocenters. The first-order chi connectivity index (χ1) is 10.7. The van der Waals surface area contributed by atoms with Crippen LogP contribution in [0.15, 0.2) is 5.38 Å². The van der Waals surface area contributed by atoms with E-state index < -0.39 is 0 Å². The van der Waals surface area contributed by atoms with Crippen molar-refractivity contribution >= 4 is 42.1 Å². The number of halogens is 2. The number of nitrogens with one attached hydrogen (secondary N) is 3. The minimum absolute atomic E-state index is 0. The number of aromatic nitrogens is 3. The van der Waals surface area contributed by atoms with E-state index in [4.69, 9.17) is 0 Å². The summed E-state index contributed by atoms with van der Waals surface area (Å²) < 4.78 is 0. The monoisotopic (exact) mass is 389 g/mol. The fourth-order valence-electron chi connectivity index (χ4n) is 3.19. The second-order valence-corrected chi connectivity index (χ2v) is 7.00. The van der Waals surface area contributed by atoms with Gasteiger partial charge >= 0.3 is 0 Å². The summed E-state index contributed by atoms with van der Waals surface area (Å²) in [5.41, 5.74) is 3.35. The lowest BCUT2D eigenvalue weighted by molar-refractivity contribution is 0.0816. The fourth-order valence-corrected chi connectivity index (χ4v) is 4.20. The lowest BCUT2D eigenvalue weighted by Gasteiger charge is -2.40. The smallest absolute Gasteiger partial charge is 0.272 e. The number of carbonyl (C=O) groups is 1. The molecule has 132 valence electrons. The largest absolute Gasteiger partial charge is 0.339 e. The van der Waals surface area contributed by atoms with Crippen molar-refractivity contribution in [3.8, 4) is 0 Å². The summed E-state index contributed by atoms with van der Waals surface area (Å²) in [7, 11) is 0. The molecule has 0 spiro atoms. The maximum absolute atomic E-state index is 12.7.